The number of halogens is 6. The Labute approximate surface area is 162 Å². The minimum atomic E-state index is -4.99. The molecule has 10 heteroatoms. The first-order chi connectivity index (χ1) is 13.4. The molecule has 2 aromatic carbocycles. The number of amides is 2. The highest BCUT2D eigenvalue weighted by Crippen LogP contribution is 2.37. The van der Waals surface area contributed by atoms with E-state index in [0.29, 0.717) is 30.8 Å². The van der Waals surface area contributed by atoms with Crippen LogP contribution in [0.15, 0.2) is 36.4 Å². The van der Waals surface area contributed by atoms with E-state index < -0.39 is 35.2 Å². The first-order valence-corrected chi connectivity index (χ1v) is 8.60. The zero-order valence-electron chi connectivity index (χ0n) is 15.2. The monoisotopic (exact) mass is 417 g/mol. The molecule has 0 atom stereocenters. The van der Waals surface area contributed by atoms with Crippen molar-refractivity contribution in [3.8, 4) is 0 Å². The summed E-state index contributed by atoms with van der Waals surface area (Å²) in [4.78, 5) is 14.3. The normalized spacial score (nSPS) is 15.0. The summed E-state index contributed by atoms with van der Waals surface area (Å²) in [5.74, 6) is 0. The van der Waals surface area contributed by atoms with Crippen molar-refractivity contribution >= 4 is 17.4 Å². The maximum atomic E-state index is 12.9. The lowest BCUT2D eigenvalue weighted by atomic mass is 9.98. The minimum absolute atomic E-state index is 0.00710. The molecule has 1 aliphatic heterocycles. The van der Waals surface area contributed by atoms with Gasteiger partial charge in [0.2, 0.25) is 0 Å². The van der Waals surface area contributed by atoms with Crippen LogP contribution in [0.3, 0.4) is 0 Å². The lowest BCUT2D eigenvalue weighted by Gasteiger charge is -2.26. The number of rotatable bonds is 2. The van der Waals surface area contributed by atoms with Crippen molar-refractivity contribution in [3.63, 3.8) is 0 Å². The van der Waals surface area contributed by atoms with Crippen molar-refractivity contribution in [2.45, 2.75) is 25.3 Å². The summed E-state index contributed by atoms with van der Waals surface area (Å²) in [5, 5.41) is 4.59. The molecule has 0 unspecified atom stereocenters. The molecule has 29 heavy (non-hydrogen) atoms. The van der Waals surface area contributed by atoms with Crippen LogP contribution in [-0.2, 0) is 25.3 Å². The van der Waals surface area contributed by atoms with Crippen LogP contribution in [0.2, 0.25) is 0 Å². The fourth-order valence-electron chi connectivity index (χ4n) is 3.18. The van der Waals surface area contributed by atoms with Gasteiger partial charge in [-0.1, -0.05) is 12.1 Å². The summed E-state index contributed by atoms with van der Waals surface area (Å²) in [6.45, 7) is 1.44. The summed E-state index contributed by atoms with van der Waals surface area (Å²) < 4.78 is 77.6. The van der Waals surface area contributed by atoms with Crippen LogP contribution in [0.5, 0.6) is 0 Å². The number of benzene rings is 2. The van der Waals surface area contributed by atoms with Crippen LogP contribution in [0, 0.1) is 0 Å². The van der Waals surface area contributed by atoms with E-state index in [2.05, 4.69) is 15.5 Å². The average Bonchev–Trinajstić information content (AvgIpc) is 2.59. The van der Waals surface area contributed by atoms with Gasteiger partial charge in [-0.05, 0) is 48.9 Å². The van der Waals surface area contributed by atoms with E-state index in [0.717, 1.165) is 17.7 Å². The van der Waals surface area contributed by atoms with E-state index in [1.165, 1.54) is 0 Å². The third-order valence-electron chi connectivity index (χ3n) is 4.55. The van der Waals surface area contributed by atoms with E-state index in [-0.39, 0.29) is 6.07 Å². The zero-order chi connectivity index (χ0) is 21.4. The van der Waals surface area contributed by atoms with Crippen LogP contribution >= 0.6 is 0 Å². The van der Waals surface area contributed by atoms with E-state index in [1.807, 2.05) is 13.1 Å². The highest BCUT2D eigenvalue weighted by molar-refractivity contribution is 6.00. The molecule has 0 saturated carbocycles. The minimum Gasteiger partial charge on any atom is -0.308 e. The van der Waals surface area contributed by atoms with Gasteiger partial charge in [0.05, 0.1) is 11.1 Å². The van der Waals surface area contributed by atoms with Gasteiger partial charge in [0, 0.05) is 24.5 Å². The molecule has 3 rings (SSSR count). The number of anilines is 2. The van der Waals surface area contributed by atoms with Crippen molar-refractivity contribution in [3.05, 3.63) is 58.7 Å². The number of urea groups is 1. The molecule has 1 aliphatic rings. The Morgan fingerprint density at radius 2 is 1.59 bits per heavy atom. The van der Waals surface area contributed by atoms with Crippen LogP contribution in [0.1, 0.15) is 22.3 Å². The highest BCUT2D eigenvalue weighted by Gasteiger charge is 2.37. The van der Waals surface area contributed by atoms with Gasteiger partial charge >= 0.3 is 18.4 Å². The second-order valence-electron chi connectivity index (χ2n) is 6.80. The van der Waals surface area contributed by atoms with Crippen LogP contribution < -0.4 is 10.6 Å². The highest BCUT2D eigenvalue weighted by atomic mass is 19.4. The Bertz CT molecular complexity index is 891. The van der Waals surface area contributed by atoms with Gasteiger partial charge in [-0.15, -0.1) is 0 Å². The molecule has 1 heterocycles. The van der Waals surface area contributed by atoms with Gasteiger partial charge in [-0.2, -0.15) is 26.3 Å². The Morgan fingerprint density at radius 3 is 2.17 bits per heavy atom. The molecule has 0 aromatic heterocycles. The standard InChI is InChI=1S/C19H17F6N3O/c1-28-6-5-15-11(10-28)3-2-4-16(15)27-17(29)26-14-8-12(18(20,21)22)7-13(9-14)19(23,24)25/h2-4,7-9H,5-6,10H2,1H3,(H2,26,27,29). The van der Waals surface area contributed by atoms with Gasteiger partial charge in [-0.25, -0.2) is 4.79 Å². The molecule has 156 valence electrons. The van der Waals surface area contributed by atoms with Gasteiger partial charge in [0.15, 0.2) is 0 Å². The summed E-state index contributed by atoms with van der Waals surface area (Å²) >= 11 is 0. The van der Waals surface area contributed by atoms with E-state index in [1.54, 1.807) is 12.1 Å². The lowest BCUT2D eigenvalue weighted by molar-refractivity contribution is -0.143. The Kier molecular flexibility index (Phi) is 5.48. The summed E-state index contributed by atoms with van der Waals surface area (Å²) in [5.41, 5.74) is -1.24. The van der Waals surface area contributed by atoms with Crippen LogP contribution in [-0.4, -0.2) is 24.5 Å². The molecule has 2 aromatic rings. The van der Waals surface area contributed by atoms with Crippen LogP contribution in [0.4, 0.5) is 42.5 Å². The third kappa shape index (κ3) is 5.00. The summed E-state index contributed by atoms with van der Waals surface area (Å²) in [6, 6.07) is 5.26. The van der Waals surface area contributed by atoms with Crippen molar-refractivity contribution in [1.82, 2.24) is 4.90 Å². The second-order valence-corrected chi connectivity index (χ2v) is 6.80. The molecule has 2 amide bonds. The molecule has 4 nitrogen and oxygen atoms in total. The number of alkyl halides is 6. The number of nitrogens with zero attached hydrogens (tertiary/aromatic N) is 1. The predicted octanol–water partition coefficient (Wildman–Crippen LogP) is 5.36. The van der Waals surface area contributed by atoms with Gasteiger partial charge in [0.1, 0.15) is 0 Å². The van der Waals surface area contributed by atoms with Crippen LogP contribution in [0.25, 0.3) is 0 Å². The third-order valence-corrected chi connectivity index (χ3v) is 4.55. The van der Waals surface area contributed by atoms with E-state index >= 15 is 0 Å². The Hall–Kier alpha value is -2.75. The van der Waals surface area contributed by atoms with Crippen molar-refractivity contribution in [2.24, 2.45) is 0 Å². The molecular weight excluding hydrogens is 400 g/mol. The van der Waals surface area contributed by atoms with E-state index in [9.17, 15) is 31.1 Å². The summed E-state index contributed by atoms with van der Waals surface area (Å²) in [7, 11) is 1.95. The predicted molar refractivity (Wildman–Crippen MR) is 95.6 cm³/mol. The number of carbonyl (C=O) groups is 1. The first-order valence-electron chi connectivity index (χ1n) is 8.60. The average molecular weight is 417 g/mol. The SMILES string of the molecule is CN1CCc2c(cccc2NC(=O)Nc2cc(C(F)(F)F)cc(C(F)(F)F)c2)C1. The largest absolute Gasteiger partial charge is 0.416 e. The number of carbonyl (C=O) groups excluding carboxylic acids is 1. The molecule has 0 spiro atoms. The maximum Gasteiger partial charge on any atom is 0.416 e. The molecule has 0 fully saturated rings. The molecule has 2 N–H and O–H groups in total. The van der Waals surface area contributed by atoms with Crippen molar-refractivity contribution < 1.29 is 31.1 Å². The van der Waals surface area contributed by atoms with Gasteiger partial charge in [-0.3, -0.25) is 0 Å². The number of likely N-dealkylation sites (N-methyl/N-ethyl adjacent to an activating group) is 1. The molecule has 0 aliphatic carbocycles. The Morgan fingerprint density at radius 1 is 0.966 bits per heavy atom. The Balaban J connectivity index is 1.84. The maximum absolute atomic E-state index is 12.9. The molecule has 0 saturated heterocycles. The number of hydrogen-bond donors (Lipinski definition) is 2. The topological polar surface area (TPSA) is 44.4 Å². The number of hydrogen-bond acceptors (Lipinski definition) is 2. The number of fused-ring (bicyclic) bond motifs is 1. The first kappa shape index (κ1) is 21.0. The molecule has 0 bridgehead atoms. The van der Waals surface area contributed by atoms with Crippen molar-refractivity contribution in [1.29, 1.82) is 0 Å². The number of nitrogens with one attached hydrogen (secondary N) is 2. The second kappa shape index (κ2) is 7.58. The fraction of sp³-hybridized carbons (Fsp3) is 0.316. The lowest BCUT2D eigenvalue weighted by Crippen LogP contribution is -2.28. The summed E-state index contributed by atoms with van der Waals surface area (Å²) in [6.07, 6.45) is -9.32. The quantitative estimate of drug-likeness (QED) is 0.647. The smallest absolute Gasteiger partial charge is 0.308 e. The fourth-order valence-corrected chi connectivity index (χ4v) is 3.18. The van der Waals surface area contributed by atoms with Crippen molar-refractivity contribution in [2.75, 3.05) is 24.2 Å². The van der Waals surface area contributed by atoms with Gasteiger partial charge < -0.3 is 15.5 Å². The molecule has 0 radical (unpaired) electrons. The molecular formula is C19H17F6N3O. The zero-order valence-corrected chi connectivity index (χ0v) is 15.2. The van der Waals surface area contributed by atoms with E-state index in [4.69, 9.17) is 0 Å². The van der Waals surface area contributed by atoms with Gasteiger partial charge in [0.25, 0.3) is 0 Å².